The van der Waals surface area contributed by atoms with Gasteiger partial charge >= 0.3 is 0 Å². The molecule has 0 amide bonds. The lowest BCUT2D eigenvalue weighted by atomic mass is 9.46. The zero-order valence-corrected chi connectivity index (χ0v) is 15.6. The third-order valence-electron chi connectivity index (χ3n) is 7.08. The van der Waals surface area contributed by atoms with Crippen LogP contribution in [-0.2, 0) is 14.6 Å². The largest absolute Gasteiger partial charge is 0.377 e. The zero-order chi connectivity index (χ0) is 17.1. The molecule has 0 aromatic rings. The van der Waals surface area contributed by atoms with Gasteiger partial charge in [-0.1, -0.05) is 6.42 Å². The first kappa shape index (κ1) is 16.4. The minimum atomic E-state index is -2.82. The quantitative estimate of drug-likeness (QED) is 0.574. The van der Waals surface area contributed by atoms with E-state index in [9.17, 15) is 8.42 Å². The highest BCUT2D eigenvalue weighted by Gasteiger charge is 2.66. The van der Waals surface area contributed by atoms with Gasteiger partial charge in [0, 0.05) is 36.6 Å². The summed E-state index contributed by atoms with van der Waals surface area (Å²) in [6, 6.07) is 1.03. The monoisotopic (exact) mass is 367 g/mol. The van der Waals surface area contributed by atoms with Crippen molar-refractivity contribution in [3.63, 3.8) is 0 Å². The molecule has 0 aromatic heterocycles. The minimum Gasteiger partial charge on any atom is -0.377 e. The third kappa shape index (κ3) is 2.87. The average Bonchev–Trinajstić information content (AvgIpc) is 3.12. The number of hydrogen-bond acceptors (Lipinski definition) is 4. The van der Waals surface area contributed by atoms with Gasteiger partial charge in [0.15, 0.2) is 15.8 Å². The van der Waals surface area contributed by atoms with Crippen LogP contribution in [0.2, 0.25) is 0 Å². The number of ether oxygens (including phenoxy) is 1. The Morgan fingerprint density at radius 2 is 2.00 bits per heavy atom. The SMILES string of the molecule is O=S1(=O)CCC(CN=C(NC2CC2)NC2C3CCOC3C23CCC3)C1. The maximum atomic E-state index is 11.7. The molecule has 0 aromatic carbocycles. The average molecular weight is 368 g/mol. The summed E-state index contributed by atoms with van der Waals surface area (Å²) in [7, 11) is -2.82. The van der Waals surface area contributed by atoms with Gasteiger partial charge in [0.05, 0.1) is 17.6 Å². The van der Waals surface area contributed by atoms with Crippen molar-refractivity contribution < 1.29 is 13.2 Å². The Labute approximate surface area is 150 Å². The molecule has 5 rings (SSSR count). The minimum absolute atomic E-state index is 0.185. The Morgan fingerprint density at radius 3 is 2.64 bits per heavy atom. The topological polar surface area (TPSA) is 79.8 Å². The lowest BCUT2D eigenvalue weighted by Crippen LogP contribution is -2.72. The molecule has 3 saturated carbocycles. The van der Waals surface area contributed by atoms with Crippen LogP contribution in [0.3, 0.4) is 0 Å². The van der Waals surface area contributed by atoms with E-state index in [0.717, 1.165) is 25.4 Å². The van der Waals surface area contributed by atoms with Crippen molar-refractivity contribution in [2.75, 3.05) is 24.7 Å². The highest BCUT2D eigenvalue weighted by atomic mass is 32.2. The van der Waals surface area contributed by atoms with Gasteiger partial charge in [-0.3, -0.25) is 4.99 Å². The highest BCUT2D eigenvalue weighted by Crippen LogP contribution is 2.62. The Balaban J connectivity index is 1.27. The van der Waals surface area contributed by atoms with Gasteiger partial charge in [-0.2, -0.15) is 0 Å². The molecule has 2 heterocycles. The Kier molecular flexibility index (Phi) is 3.82. The molecule has 2 saturated heterocycles. The molecule has 5 fully saturated rings. The summed E-state index contributed by atoms with van der Waals surface area (Å²) in [6.07, 6.45) is 8.64. The molecule has 4 atom stereocenters. The number of aliphatic imine (C=N–C) groups is 1. The van der Waals surface area contributed by atoms with E-state index in [2.05, 4.69) is 10.6 Å². The molecule has 3 aliphatic carbocycles. The molecule has 4 unspecified atom stereocenters. The van der Waals surface area contributed by atoms with E-state index in [1.54, 1.807) is 0 Å². The number of guanidine groups is 1. The number of fused-ring (bicyclic) bond motifs is 2. The molecule has 1 spiro atoms. The van der Waals surface area contributed by atoms with Gasteiger partial charge in [-0.15, -0.1) is 0 Å². The fourth-order valence-electron chi connectivity index (χ4n) is 5.39. The second kappa shape index (κ2) is 5.84. The van der Waals surface area contributed by atoms with Gasteiger partial charge in [-0.25, -0.2) is 8.42 Å². The van der Waals surface area contributed by atoms with E-state index < -0.39 is 9.84 Å². The second-order valence-corrected chi connectivity index (χ2v) is 11.1. The first-order valence-electron chi connectivity index (χ1n) is 9.95. The normalized spacial score (nSPS) is 41.0. The van der Waals surface area contributed by atoms with Crippen molar-refractivity contribution in [3.8, 4) is 0 Å². The van der Waals surface area contributed by atoms with Crippen LogP contribution in [0.5, 0.6) is 0 Å². The smallest absolute Gasteiger partial charge is 0.191 e. The summed E-state index contributed by atoms with van der Waals surface area (Å²) in [6.45, 7) is 1.52. The van der Waals surface area contributed by atoms with Gasteiger partial charge < -0.3 is 15.4 Å². The van der Waals surface area contributed by atoms with E-state index in [1.165, 1.54) is 32.1 Å². The summed E-state index contributed by atoms with van der Waals surface area (Å²) in [5.41, 5.74) is 0.337. The summed E-state index contributed by atoms with van der Waals surface area (Å²) in [4.78, 5) is 4.80. The Bertz CT molecular complexity index is 669. The maximum absolute atomic E-state index is 11.7. The van der Waals surface area contributed by atoms with Crippen molar-refractivity contribution >= 4 is 15.8 Å². The summed E-state index contributed by atoms with van der Waals surface area (Å²) < 4.78 is 29.4. The highest BCUT2D eigenvalue weighted by molar-refractivity contribution is 7.91. The van der Waals surface area contributed by atoms with Crippen LogP contribution in [0, 0.1) is 17.3 Å². The lowest BCUT2D eigenvalue weighted by molar-refractivity contribution is -0.171. The van der Waals surface area contributed by atoms with E-state index in [4.69, 9.17) is 9.73 Å². The van der Waals surface area contributed by atoms with Crippen molar-refractivity contribution in [1.82, 2.24) is 10.6 Å². The van der Waals surface area contributed by atoms with Crippen molar-refractivity contribution in [3.05, 3.63) is 0 Å². The number of rotatable bonds is 4. The van der Waals surface area contributed by atoms with Crippen LogP contribution in [0.15, 0.2) is 4.99 Å². The maximum Gasteiger partial charge on any atom is 0.191 e. The molecule has 0 radical (unpaired) electrons. The Morgan fingerprint density at radius 1 is 1.16 bits per heavy atom. The van der Waals surface area contributed by atoms with Gasteiger partial charge in [0.25, 0.3) is 0 Å². The predicted octanol–water partition coefficient (Wildman–Crippen LogP) is 1.08. The van der Waals surface area contributed by atoms with Crippen LogP contribution in [0.1, 0.15) is 44.9 Å². The Hall–Kier alpha value is -0.820. The number of hydrogen-bond donors (Lipinski definition) is 2. The molecule has 140 valence electrons. The summed E-state index contributed by atoms with van der Waals surface area (Å²) >= 11 is 0. The molecular formula is C18H29N3O3S. The third-order valence-corrected chi connectivity index (χ3v) is 8.92. The molecule has 7 heteroatoms. The molecule has 6 nitrogen and oxygen atoms in total. The molecule has 2 N–H and O–H groups in total. The number of nitrogens with zero attached hydrogens (tertiary/aromatic N) is 1. The fraction of sp³-hybridized carbons (Fsp3) is 0.944. The van der Waals surface area contributed by atoms with Crippen LogP contribution in [0.25, 0.3) is 0 Å². The van der Waals surface area contributed by atoms with Crippen molar-refractivity contribution in [1.29, 1.82) is 0 Å². The molecule has 25 heavy (non-hydrogen) atoms. The number of sulfone groups is 1. The van der Waals surface area contributed by atoms with Crippen molar-refractivity contribution in [2.24, 2.45) is 22.2 Å². The van der Waals surface area contributed by atoms with Crippen LogP contribution in [0.4, 0.5) is 0 Å². The fourth-order valence-corrected chi connectivity index (χ4v) is 7.24. The standard InChI is InChI=1S/C18H29N3O3S/c22-25(23)9-5-12(11-25)10-19-17(20-13-2-3-13)21-15-14-4-8-24-16(14)18(15)6-1-7-18/h12-16H,1-11H2,(H2,19,20,21). The van der Waals surface area contributed by atoms with E-state index >= 15 is 0 Å². The van der Waals surface area contributed by atoms with Crippen LogP contribution >= 0.6 is 0 Å². The van der Waals surface area contributed by atoms with E-state index in [-0.39, 0.29) is 5.92 Å². The van der Waals surface area contributed by atoms with Crippen LogP contribution < -0.4 is 10.6 Å². The molecular weight excluding hydrogens is 338 g/mol. The molecule has 5 aliphatic rings. The first-order chi connectivity index (χ1) is 12.1. The number of nitrogens with one attached hydrogen (secondary N) is 2. The van der Waals surface area contributed by atoms with E-state index in [1.807, 2.05) is 0 Å². The van der Waals surface area contributed by atoms with Gasteiger partial charge in [0.2, 0.25) is 0 Å². The summed E-state index contributed by atoms with van der Waals surface area (Å²) in [5, 5.41) is 7.29. The molecule has 2 aliphatic heterocycles. The predicted molar refractivity (Wildman–Crippen MR) is 96.3 cm³/mol. The molecule has 0 bridgehead atoms. The first-order valence-corrected chi connectivity index (χ1v) is 11.8. The summed E-state index contributed by atoms with van der Waals surface area (Å²) in [5.74, 6) is 2.36. The van der Waals surface area contributed by atoms with Crippen molar-refractivity contribution in [2.45, 2.75) is 63.1 Å². The zero-order valence-electron chi connectivity index (χ0n) is 14.7. The van der Waals surface area contributed by atoms with E-state index in [0.29, 0.717) is 47.6 Å². The van der Waals surface area contributed by atoms with Gasteiger partial charge in [-0.05, 0) is 44.4 Å². The lowest BCUT2D eigenvalue weighted by Gasteiger charge is -2.63. The van der Waals surface area contributed by atoms with Crippen LogP contribution in [-0.4, -0.2) is 57.2 Å². The van der Waals surface area contributed by atoms with Gasteiger partial charge in [0.1, 0.15) is 0 Å². The second-order valence-electron chi connectivity index (χ2n) is 8.83.